The van der Waals surface area contributed by atoms with Gasteiger partial charge < -0.3 is 0 Å². The van der Waals surface area contributed by atoms with Crippen LogP contribution in [0.2, 0.25) is 0 Å². The zero-order valence-corrected chi connectivity index (χ0v) is 16.6. The number of hydrogen-bond donors (Lipinski definition) is 0. The summed E-state index contributed by atoms with van der Waals surface area (Å²) >= 11 is 1.62. The molecule has 0 aliphatic heterocycles. The monoisotopic (exact) mass is 390 g/mol. The van der Waals surface area contributed by atoms with Crippen LogP contribution in [0.3, 0.4) is 0 Å². The molecule has 4 rings (SSSR count). The number of aromatic nitrogens is 4. The topological polar surface area (TPSA) is 52.2 Å². The lowest BCUT2D eigenvalue weighted by molar-refractivity contribution is 0.620. The Balaban J connectivity index is 1.70. The largest absolute Gasteiger partial charge is 0.276 e. The lowest BCUT2D eigenvalue weighted by Crippen LogP contribution is -2.23. The lowest BCUT2D eigenvalue weighted by atomic mass is 10.2. The molecule has 28 heavy (non-hydrogen) atoms. The van der Waals surface area contributed by atoms with E-state index in [1.165, 1.54) is 5.56 Å². The van der Waals surface area contributed by atoms with Gasteiger partial charge in [0, 0.05) is 12.3 Å². The molecule has 0 amide bonds. The van der Waals surface area contributed by atoms with Gasteiger partial charge >= 0.3 is 0 Å². The minimum Gasteiger partial charge on any atom is -0.276 e. The van der Waals surface area contributed by atoms with Crippen LogP contribution in [-0.4, -0.2) is 24.9 Å². The number of benzene rings is 2. The van der Waals surface area contributed by atoms with Gasteiger partial charge in [0.1, 0.15) is 0 Å². The smallest absolute Gasteiger partial charge is 0.262 e. The van der Waals surface area contributed by atoms with Crippen LogP contribution in [-0.2, 0) is 6.54 Å². The molecule has 5 nitrogen and oxygen atoms in total. The highest BCUT2D eigenvalue weighted by Gasteiger charge is 2.16. The number of rotatable bonds is 7. The summed E-state index contributed by atoms with van der Waals surface area (Å²) in [5.74, 6) is 1.39. The van der Waals surface area contributed by atoms with E-state index in [-0.39, 0.29) is 5.56 Å². The molecule has 0 aliphatic carbocycles. The summed E-state index contributed by atoms with van der Waals surface area (Å²) in [6.45, 7) is 2.77. The van der Waals surface area contributed by atoms with Gasteiger partial charge in [-0.15, -0.1) is 10.2 Å². The summed E-state index contributed by atoms with van der Waals surface area (Å²) in [6.07, 6.45) is 6.18. The third-order valence-electron chi connectivity index (χ3n) is 4.63. The van der Waals surface area contributed by atoms with Gasteiger partial charge in [-0.2, -0.15) is 0 Å². The average molecular weight is 391 g/mol. The normalized spacial score (nSPS) is 11.8. The van der Waals surface area contributed by atoms with E-state index in [9.17, 15) is 4.79 Å². The molecule has 0 aliphatic rings. The molecule has 6 heteroatoms. The average Bonchev–Trinajstić information content (AvgIpc) is 3.16. The van der Waals surface area contributed by atoms with E-state index in [4.69, 9.17) is 0 Å². The van der Waals surface area contributed by atoms with Gasteiger partial charge in [0.05, 0.1) is 10.9 Å². The van der Waals surface area contributed by atoms with E-state index in [0.29, 0.717) is 17.7 Å². The van der Waals surface area contributed by atoms with Crippen molar-refractivity contribution in [2.24, 2.45) is 0 Å². The molecular weight excluding hydrogens is 368 g/mol. The fourth-order valence-electron chi connectivity index (χ4n) is 3.22. The Kier molecular flexibility index (Phi) is 5.58. The standard InChI is InChI=1S/C22H22N4OS/c1-2-3-15-25-20(27)18-13-7-8-14-19(18)26-21(25)23-24-22(26)28-16-9-12-17-10-5-4-6-11-17/h4-14H,2-3,15-16H2,1H3/b12-9+. The van der Waals surface area contributed by atoms with Crippen LogP contribution in [0.5, 0.6) is 0 Å². The summed E-state index contributed by atoms with van der Waals surface area (Å²) in [5.41, 5.74) is 2.03. The number of thioether (sulfide) groups is 1. The highest BCUT2D eigenvalue weighted by Crippen LogP contribution is 2.22. The zero-order valence-electron chi connectivity index (χ0n) is 15.8. The first kappa shape index (κ1) is 18.5. The van der Waals surface area contributed by atoms with Crippen molar-refractivity contribution in [2.75, 3.05) is 5.75 Å². The second kappa shape index (κ2) is 8.44. The van der Waals surface area contributed by atoms with Gasteiger partial charge in [-0.25, -0.2) is 0 Å². The van der Waals surface area contributed by atoms with Crippen LogP contribution in [0.15, 0.2) is 70.6 Å². The van der Waals surface area contributed by atoms with E-state index in [0.717, 1.165) is 29.3 Å². The van der Waals surface area contributed by atoms with Crippen LogP contribution in [0, 0.1) is 0 Å². The maximum Gasteiger partial charge on any atom is 0.262 e. The summed E-state index contributed by atoms with van der Waals surface area (Å²) < 4.78 is 3.76. The van der Waals surface area contributed by atoms with Crippen molar-refractivity contribution in [1.82, 2.24) is 19.2 Å². The second-order valence-corrected chi connectivity index (χ2v) is 7.56. The molecule has 2 aromatic carbocycles. The molecule has 0 N–H and O–H groups in total. The fraction of sp³-hybridized carbons (Fsp3) is 0.227. The quantitative estimate of drug-likeness (QED) is 0.431. The first-order valence-corrected chi connectivity index (χ1v) is 10.5. The maximum atomic E-state index is 12.9. The van der Waals surface area contributed by atoms with Crippen LogP contribution in [0.25, 0.3) is 22.8 Å². The minimum atomic E-state index is 0.00414. The lowest BCUT2D eigenvalue weighted by Gasteiger charge is -2.10. The molecular formula is C22H22N4OS. The zero-order chi connectivity index (χ0) is 19.3. The van der Waals surface area contributed by atoms with E-state index in [1.54, 1.807) is 16.3 Å². The molecule has 0 radical (unpaired) electrons. The number of nitrogens with zero attached hydrogens (tertiary/aromatic N) is 4. The molecule has 0 saturated heterocycles. The Hall–Kier alpha value is -2.86. The first-order chi connectivity index (χ1) is 13.8. The Bertz CT molecular complexity index is 1180. The van der Waals surface area contributed by atoms with E-state index in [2.05, 4.69) is 41.4 Å². The number of aryl methyl sites for hydroxylation is 1. The highest BCUT2D eigenvalue weighted by atomic mass is 32.2. The Labute approximate surface area is 167 Å². The number of unbranched alkanes of at least 4 members (excludes halogenated alkanes) is 1. The highest BCUT2D eigenvalue weighted by molar-refractivity contribution is 7.99. The predicted octanol–water partition coefficient (Wildman–Crippen LogP) is 4.65. The van der Waals surface area contributed by atoms with E-state index < -0.39 is 0 Å². The van der Waals surface area contributed by atoms with Crippen LogP contribution >= 0.6 is 11.8 Å². The van der Waals surface area contributed by atoms with Gasteiger partial charge in [-0.1, -0.05) is 79.7 Å². The fourth-order valence-corrected chi connectivity index (χ4v) is 3.97. The van der Waals surface area contributed by atoms with Crippen molar-refractivity contribution < 1.29 is 0 Å². The summed E-state index contributed by atoms with van der Waals surface area (Å²) in [5, 5.41) is 10.2. The van der Waals surface area contributed by atoms with Crippen LogP contribution < -0.4 is 5.56 Å². The van der Waals surface area contributed by atoms with Crippen molar-refractivity contribution >= 4 is 34.5 Å². The third-order valence-corrected chi connectivity index (χ3v) is 5.51. The summed E-state index contributed by atoms with van der Waals surface area (Å²) in [7, 11) is 0. The molecule has 0 bridgehead atoms. The van der Waals surface area contributed by atoms with E-state index in [1.807, 2.05) is 46.9 Å². The molecule has 0 atom stereocenters. The Morgan fingerprint density at radius 1 is 1.04 bits per heavy atom. The van der Waals surface area contributed by atoms with Crippen molar-refractivity contribution in [3.8, 4) is 0 Å². The van der Waals surface area contributed by atoms with Gasteiger partial charge in [0.25, 0.3) is 5.56 Å². The number of fused-ring (bicyclic) bond motifs is 3. The summed E-state index contributed by atoms with van der Waals surface area (Å²) in [6, 6.07) is 17.9. The molecule has 0 fully saturated rings. The van der Waals surface area contributed by atoms with E-state index >= 15 is 0 Å². The maximum absolute atomic E-state index is 12.9. The van der Waals surface area contributed by atoms with Gasteiger partial charge in [-0.05, 0) is 24.1 Å². The summed E-state index contributed by atoms with van der Waals surface area (Å²) in [4.78, 5) is 12.9. The Morgan fingerprint density at radius 3 is 2.64 bits per heavy atom. The second-order valence-electron chi connectivity index (χ2n) is 6.57. The van der Waals surface area contributed by atoms with Crippen molar-refractivity contribution in [1.29, 1.82) is 0 Å². The predicted molar refractivity (Wildman–Crippen MR) is 116 cm³/mol. The SMILES string of the molecule is CCCCn1c(=O)c2ccccc2n2c(SC/C=C/c3ccccc3)nnc12. The molecule has 4 aromatic rings. The van der Waals surface area contributed by atoms with Gasteiger partial charge in [0.2, 0.25) is 5.78 Å². The molecule has 0 saturated carbocycles. The van der Waals surface area contributed by atoms with Crippen molar-refractivity contribution in [3.05, 3.63) is 76.6 Å². The molecule has 0 unspecified atom stereocenters. The molecule has 2 heterocycles. The van der Waals surface area contributed by atoms with Gasteiger partial charge in [0.15, 0.2) is 5.16 Å². The molecule has 2 aromatic heterocycles. The Morgan fingerprint density at radius 2 is 1.82 bits per heavy atom. The van der Waals surface area contributed by atoms with Crippen LogP contribution in [0.4, 0.5) is 0 Å². The molecule has 142 valence electrons. The van der Waals surface area contributed by atoms with Crippen LogP contribution in [0.1, 0.15) is 25.3 Å². The molecule has 0 spiro atoms. The van der Waals surface area contributed by atoms with Crippen molar-refractivity contribution in [2.45, 2.75) is 31.5 Å². The van der Waals surface area contributed by atoms with Gasteiger partial charge in [-0.3, -0.25) is 13.8 Å². The third kappa shape index (κ3) is 3.60. The first-order valence-electron chi connectivity index (χ1n) is 9.50. The number of hydrogen-bond acceptors (Lipinski definition) is 4. The van der Waals surface area contributed by atoms with Crippen molar-refractivity contribution in [3.63, 3.8) is 0 Å². The minimum absolute atomic E-state index is 0.00414. The number of para-hydroxylation sites is 1.